The molecule has 0 radical (unpaired) electrons. The van der Waals surface area contributed by atoms with Crippen LogP contribution in [0.4, 0.5) is 0 Å². The van der Waals surface area contributed by atoms with Crippen LogP contribution in [-0.4, -0.2) is 18.5 Å². The average Bonchev–Trinajstić information content (AvgIpc) is 2.56. The fourth-order valence-corrected chi connectivity index (χ4v) is 3.18. The summed E-state index contributed by atoms with van der Waals surface area (Å²) >= 11 is 0. The van der Waals surface area contributed by atoms with Gasteiger partial charge in [-0.3, -0.25) is 4.79 Å². The number of esters is 1. The maximum Gasteiger partial charge on any atom is 0.336 e. The van der Waals surface area contributed by atoms with Gasteiger partial charge in [-0.15, -0.1) is 0 Å². The van der Waals surface area contributed by atoms with E-state index in [-0.39, 0.29) is 23.7 Å². The second-order valence-corrected chi connectivity index (χ2v) is 5.50. The van der Waals surface area contributed by atoms with Crippen molar-refractivity contribution < 1.29 is 14.3 Å². The topological polar surface area (TPSA) is 55.4 Å². The zero-order chi connectivity index (χ0) is 15.5. The van der Waals surface area contributed by atoms with Crippen LogP contribution in [0.15, 0.2) is 48.1 Å². The van der Waals surface area contributed by atoms with E-state index in [9.17, 15) is 9.59 Å². The molecule has 22 heavy (non-hydrogen) atoms. The molecule has 1 heterocycles. The van der Waals surface area contributed by atoms with Crippen molar-refractivity contribution in [2.75, 3.05) is 6.61 Å². The predicted octanol–water partition coefficient (Wildman–Crippen LogP) is 2.67. The molecule has 0 spiro atoms. The first-order chi connectivity index (χ1) is 10.7. The van der Waals surface area contributed by atoms with E-state index in [1.54, 1.807) is 6.92 Å². The summed E-state index contributed by atoms with van der Waals surface area (Å²) in [7, 11) is 0. The Morgan fingerprint density at radius 1 is 1.32 bits per heavy atom. The van der Waals surface area contributed by atoms with Crippen LogP contribution >= 0.6 is 0 Å². The third-order valence-corrected chi connectivity index (χ3v) is 4.17. The summed E-state index contributed by atoms with van der Waals surface area (Å²) in [6, 6.07) is 9.49. The largest absolute Gasteiger partial charge is 0.463 e. The van der Waals surface area contributed by atoms with E-state index in [0.29, 0.717) is 17.9 Å². The van der Waals surface area contributed by atoms with Crippen LogP contribution in [0, 0.1) is 11.8 Å². The first kappa shape index (κ1) is 14.6. The van der Waals surface area contributed by atoms with Gasteiger partial charge in [0.25, 0.3) is 0 Å². The molecule has 1 aromatic carbocycles. The van der Waals surface area contributed by atoms with Crippen LogP contribution in [-0.2, 0) is 14.3 Å². The molecule has 0 aromatic heterocycles. The molecule has 1 N–H and O–H groups in total. The van der Waals surface area contributed by atoms with Gasteiger partial charge in [-0.1, -0.05) is 42.5 Å². The molecule has 4 heteroatoms. The first-order valence-corrected chi connectivity index (χ1v) is 7.66. The SMILES string of the molecule is CCOC(=O)C1=C(c2ccccc2)NC(=O)[C@@H]2C=CCC[C@H]12. The standard InChI is InChI=1S/C18H19NO3/c1-2-22-18(21)15-13-10-6-7-11-14(13)17(20)19-16(15)12-8-4-3-5-9-12/h3-5,7-9,11,13-14H,2,6,10H2,1H3,(H,19,20)/t13-,14+/m0/s1. The van der Waals surface area contributed by atoms with E-state index in [1.807, 2.05) is 42.5 Å². The Hall–Kier alpha value is -2.36. The van der Waals surface area contributed by atoms with Crippen LogP contribution in [0.5, 0.6) is 0 Å². The van der Waals surface area contributed by atoms with E-state index < -0.39 is 0 Å². The molecule has 114 valence electrons. The van der Waals surface area contributed by atoms with Gasteiger partial charge < -0.3 is 10.1 Å². The van der Waals surface area contributed by atoms with Crippen LogP contribution in [0.1, 0.15) is 25.3 Å². The van der Waals surface area contributed by atoms with Crippen LogP contribution in [0.3, 0.4) is 0 Å². The van der Waals surface area contributed by atoms with Crippen molar-refractivity contribution in [2.24, 2.45) is 11.8 Å². The molecular weight excluding hydrogens is 278 g/mol. The third-order valence-electron chi connectivity index (χ3n) is 4.17. The molecular formula is C18H19NO3. The summed E-state index contributed by atoms with van der Waals surface area (Å²) in [5, 5.41) is 2.91. The van der Waals surface area contributed by atoms with E-state index in [4.69, 9.17) is 4.74 Å². The molecule has 0 saturated carbocycles. The summed E-state index contributed by atoms with van der Waals surface area (Å²) in [5.41, 5.74) is 2.04. The van der Waals surface area contributed by atoms with Crippen molar-refractivity contribution in [3.8, 4) is 0 Å². The van der Waals surface area contributed by atoms with Gasteiger partial charge >= 0.3 is 5.97 Å². The Morgan fingerprint density at radius 3 is 2.82 bits per heavy atom. The Morgan fingerprint density at radius 2 is 2.09 bits per heavy atom. The van der Waals surface area contributed by atoms with E-state index in [2.05, 4.69) is 5.32 Å². The summed E-state index contributed by atoms with van der Waals surface area (Å²) < 4.78 is 5.25. The zero-order valence-corrected chi connectivity index (χ0v) is 12.5. The molecule has 0 fully saturated rings. The minimum absolute atomic E-state index is 0.0483. The molecule has 2 aliphatic rings. The maximum absolute atomic E-state index is 12.5. The lowest BCUT2D eigenvalue weighted by atomic mass is 9.74. The Labute approximate surface area is 129 Å². The molecule has 1 aliphatic carbocycles. The van der Waals surface area contributed by atoms with Gasteiger partial charge in [0, 0.05) is 5.92 Å². The Balaban J connectivity index is 2.12. The number of nitrogens with one attached hydrogen (secondary N) is 1. The molecule has 0 bridgehead atoms. The average molecular weight is 297 g/mol. The van der Waals surface area contributed by atoms with E-state index in [0.717, 1.165) is 18.4 Å². The smallest absolute Gasteiger partial charge is 0.336 e. The lowest BCUT2D eigenvalue weighted by Gasteiger charge is -2.34. The number of allylic oxidation sites excluding steroid dienone is 1. The molecule has 1 aliphatic heterocycles. The van der Waals surface area contributed by atoms with E-state index in [1.165, 1.54) is 0 Å². The number of amides is 1. The van der Waals surface area contributed by atoms with Crippen LogP contribution in [0.2, 0.25) is 0 Å². The number of hydrogen-bond acceptors (Lipinski definition) is 3. The fraction of sp³-hybridized carbons (Fsp3) is 0.333. The van der Waals surface area contributed by atoms with Crippen molar-refractivity contribution in [1.29, 1.82) is 0 Å². The monoisotopic (exact) mass is 297 g/mol. The molecule has 1 amide bonds. The number of fused-ring (bicyclic) bond motifs is 1. The second-order valence-electron chi connectivity index (χ2n) is 5.50. The van der Waals surface area contributed by atoms with Crippen molar-refractivity contribution in [1.82, 2.24) is 5.32 Å². The van der Waals surface area contributed by atoms with Gasteiger partial charge in [0.2, 0.25) is 5.91 Å². The molecule has 1 aromatic rings. The van der Waals surface area contributed by atoms with E-state index >= 15 is 0 Å². The van der Waals surface area contributed by atoms with Gasteiger partial charge in [0.1, 0.15) is 0 Å². The second kappa shape index (κ2) is 6.18. The highest BCUT2D eigenvalue weighted by molar-refractivity contribution is 6.05. The fourth-order valence-electron chi connectivity index (χ4n) is 3.18. The van der Waals surface area contributed by atoms with Crippen molar-refractivity contribution in [2.45, 2.75) is 19.8 Å². The molecule has 3 rings (SSSR count). The van der Waals surface area contributed by atoms with Crippen molar-refractivity contribution >= 4 is 17.6 Å². The molecule has 4 nitrogen and oxygen atoms in total. The Kier molecular flexibility index (Phi) is 4.09. The minimum atomic E-state index is -0.327. The lowest BCUT2D eigenvalue weighted by molar-refractivity contribution is -0.139. The summed E-state index contributed by atoms with van der Waals surface area (Å²) in [5.74, 6) is -0.756. The van der Waals surface area contributed by atoms with Gasteiger partial charge in [-0.2, -0.15) is 0 Å². The summed E-state index contributed by atoms with van der Waals surface area (Å²) in [6.45, 7) is 2.12. The van der Waals surface area contributed by atoms with Crippen LogP contribution in [0.25, 0.3) is 5.70 Å². The first-order valence-electron chi connectivity index (χ1n) is 7.66. The lowest BCUT2D eigenvalue weighted by Crippen LogP contribution is -2.43. The zero-order valence-electron chi connectivity index (χ0n) is 12.5. The number of hydrogen-bond donors (Lipinski definition) is 1. The highest BCUT2D eigenvalue weighted by Crippen LogP contribution is 2.38. The quantitative estimate of drug-likeness (QED) is 0.689. The van der Waals surface area contributed by atoms with Gasteiger partial charge in [-0.25, -0.2) is 4.79 Å². The summed E-state index contributed by atoms with van der Waals surface area (Å²) in [6.07, 6.45) is 5.58. The van der Waals surface area contributed by atoms with Gasteiger partial charge in [0.05, 0.1) is 23.8 Å². The molecule has 0 unspecified atom stereocenters. The minimum Gasteiger partial charge on any atom is -0.463 e. The van der Waals surface area contributed by atoms with Gasteiger partial charge in [-0.05, 0) is 25.3 Å². The number of carbonyl (C=O) groups is 2. The number of carbonyl (C=O) groups excluding carboxylic acids is 2. The molecule has 0 saturated heterocycles. The third kappa shape index (κ3) is 2.56. The molecule has 2 atom stereocenters. The van der Waals surface area contributed by atoms with Crippen LogP contribution < -0.4 is 5.32 Å². The van der Waals surface area contributed by atoms with Crippen molar-refractivity contribution in [3.05, 3.63) is 53.6 Å². The highest BCUT2D eigenvalue weighted by Gasteiger charge is 2.40. The maximum atomic E-state index is 12.5. The normalized spacial score (nSPS) is 23.8. The summed E-state index contributed by atoms with van der Waals surface area (Å²) in [4.78, 5) is 24.9. The Bertz CT molecular complexity index is 646. The highest BCUT2D eigenvalue weighted by atomic mass is 16.5. The number of rotatable bonds is 3. The number of benzene rings is 1. The van der Waals surface area contributed by atoms with Gasteiger partial charge in [0.15, 0.2) is 0 Å². The van der Waals surface area contributed by atoms with Crippen molar-refractivity contribution in [3.63, 3.8) is 0 Å². The predicted molar refractivity (Wildman–Crippen MR) is 83.5 cm³/mol. The number of ether oxygens (including phenoxy) is 1.